The summed E-state index contributed by atoms with van der Waals surface area (Å²) in [5.41, 5.74) is 5.33. The molecule has 0 aliphatic heterocycles. The number of benzene rings is 5. The van der Waals surface area contributed by atoms with Gasteiger partial charge in [-0.15, -0.1) is 0 Å². The van der Waals surface area contributed by atoms with E-state index in [4.69, 9.17) is 25.8 Å². The van der Waals surface area contributed by atoms with Crippen molar-refractivity contribution < 1.29 is 23.8 Å². The van der Waals surface area contributed by atoms with Crippen molar-refractivity contribution in [2.75, 3.05) is 19.8 Å². The summed E-state index contributed by atoms with van der Waals surface area (Å²) in [4.78, 5) is 27.5. The van der Waals surface area contributed by atoms with Gasteiger partial charge in [0.05, 0.1) is 17.6 Å². The van der Waals surface area contributed by atoms with Gasteiger partial charge in [-0.05, 0) is 86.8 Å². The maximum atomic E-state index is 14.6. The normalized spacial score (nSPS) is 15.9. The molecule has 6 nitrogen and oxygen atoms in total. The molecule has 0 radical (unpaired) electrons. The Hall–Kier alpha value is -4.91. The summed E-state index contributed by atoms with van der Waals surface area (Å²) in [5, 5.41) is 3.41. The first-order valence-corrected chi connectivity index (χ1v) is 21.7. The zero-order valence-corrected chi connectivity index (χ0v) is 35.7. The lowest BCUT2D eigenvalue weighted by molar-refractivity contribution is -0.171. The standard InChI is InChI=1S/C52H58ClNO5/c1-50(2,36-58-51(3,4)33-34-54-49(56)57-35-45-43-25-15-13-23-41(43)42-24-14-16-26-44(42)45)48(55)59-52(39-21-11-8-12-22-39,46-27-17-18-28-47(46)53)40-31-29-38(30-32-40)37-19-9-6-5-7-10-20-37/h8,11-18,21-32,37,45H,5-7,9-10,19-20,33-36H2,1-4H3,(H,54,56). The average molecular weight is 812 g/mol. The van der Waals surface area contributed by atoms with Gasteiger partial charge in [-0.25, -0.2) is 4.79 Å². The lowest BCUT2D eigenvalue weighted by Gasteiger charge is -2.39. The molecule has 1 unspecified atom stereocenters. The van der Waals surface area contributed by atoms with E-state index in [9.17, 15) is 9.59 Å². The molecule has 5 aromatic rings. The molecule has 5 aromatic carbocycles. The number of amides is 1. The zero-order valence-electron chi connectivity index (χ0n) is 35.0. The summed E-state index contributed by atoms with van der Waals surface area (Å²) in [6.45, 7) is 8.31. The van der Waals surface area contributed by atoms with Crippen LogP contribution in [-0.4, -0.2) is 37.4 Å². The minimum Gasteiger partial charge on any atom is -0.449 e. The molecule has 59 heavy (non-hydrogen) atoms. The predicted molar refractivity (Wildman–Crippen MR) is 237 cm³/mol. The van der Waals surface area contributed by atoms with Crippen molar-refractivity contribution in [2.24, 2.45) is 5.41 Å². The molecule has 2 aliphatic rings. The third-order valence-electron chi connectivity index (χ3n) is 12.3. The fourth-order valence-corrected chi connectivity index (χ4v) is 9.02. The average Bonchev–Trinajstić information content (AvgIpc) is 3.55. The van der Waals surface area contributed by atoms with Gasteiger partial charge in [-0.2, -0.15) is 0 Å². The minimum atomic E-state index is -1.32. The minimum absolute atomic E-state index is 0.0105. The Balaban J connectivity index is 1.02. The van der Waals surface area contributed by atoms with Gasteiger partial charge in [-0.1, -0.05) is 165 Å². The third kappa shape index (κ3) is 9.61. The maximum Gasteiger partial charge on any atom is 0.407 e. The van der Waals surface area contributed by atoms with Crippen LogP contribution in [0.25, 0.3) is 11.1 Å². The zero-order chi connectivity index (χ0) is 41.5. The topological polar surface area (TPSA) is 73.9 Å². The smallest absolute Gasteiger partial charge is 0.407 e. The van der Waals surface area contributed by atoms with Crippen molar-refractivity contribution in [1.82, 2.24) is 5.32 Å². The van der Waals surface area contributed by atoms with E-state index in [-0.39, 0.29) is 19.1 Å². The van der Waals surface area contributed by atoms with Crippen LogP contribution in [0, 0.1) is 5.41 Å². The third-order valence-corrected chi connectivity index (χ3v) is 12.6. The first-order valence-electron chi connectivity index (χ1n) is 21.4. The highest BCUT2D eigenvalue weighted by molar-refractivity contribution is 6.31. The molecule has 1 saturated carbocycles. The fourth-order valence-electron chi connectivity index (χ4n) is 8.75. The number of rotatable bonds is 14. The van der Waals surface area contributed by atoms with Crippen LogP contribution < -0.4 is 5.32 Å². The van der Waals surface area contributed by atoms with Gasteiger partial charge >= 0.3 is 12.1 Å². The molecule has 0 spiro atoms. The first-order chi connectivity index (χ1) is 28.5. The summed E-state index contributed by atoms with van der Waals surface area (Å²) >= 11 is 7.02. The van der Waals surface area contributed by atoms with Gasteiger partial charge in [0.2, 0.25) is 0 Å². The summed E-state index contributed by atoms with van der Waals surface area (Å²) < 4.78 is 19.1. The molecular formula is C52H58ClNO5. The van der Waals surface area contributed by atoms with Gasteiger partial charge in [0.1, 0.15) is 6.61 Å². The fraction of sp³-hybridized carbons (Fsp3) is 0.385. The Morgan fingerprint density at radius 1 is 0.678 bits per heavy atom. The van der Waals surface area contributed by atoms with E-state index >= 15 is 0 Å². The number of carbonyl (C=O) groups excluding carboxylic acids is 2. The maximum absolute atomic E-state index is 14.6. The molecule has 0 aromatic heterocycles. The number of esters is 1. The summed E-state index contributed by atoms with van der Waals surface area (Å²) in [7, 11) is 0. The molecule has 0 heterocycles. The molecule has 308 valence electrons. The van der Waals surface area contributed by atoms with Crippen molar-refractivity contribution >= 4 is 23.7 Å². The highest BCUT2D eigenvalue weighted by Gasteiger charge is 2.46. The van der Waals surface area contributed by atoms with E-state index in [0.29, 0.717) is 29.5 Å². The van der Waals surface area contributed by atoms with Crippen LogP contribution in [0.3, 0.4) is 0 Å². The van der Waals surface area contributed by atoms with Gasteiger partial charge in [0.15, 0.2) is 5.60 Å². The summed E-state index contributed by atoms with van der Waals surface area (Å²) in [5.74, 6) is 0.0912. The molecule has 1 fully saturated rings. The van der Waals surface area contributed by atoms with E-state index in [1.165, 1.54) is 72.8 Å². The molecule has 2 aliphatic carbocycles. The van der Waals surface area contributed by atoms with Crippen molar-refractivity contribution in [1.29, 1.82) is 0 Å². The van der Waals surface area contributed by atoms with Crippen LogP contribution in [0.15, 0.2) is 127 Å². The lowest BCUT2D eigenvalue weighted by Crippen LogP contribution is -2.43. The molecule has 1 amide bonds. The molecule has 7 heteroatoms. The summed E-state index contributed by atoms with van der Waals surface area (Å²) in [6.07, 6.45) is 8.84. The van der Waals surface area contributed by atoms with Crippen molar-refractivity contribution in [3.05, 3.63) is 166 Å². The molecule has 7 rings (SSSR count). The number of halogens is 1. The van der Waals surface area contributed by atoms with Gasteiger partial charge in [-0.3, -0.25) is 4.79 Å². The predicted octanol–water partition coefficient (Wildman–Crippen LogP) is 12.8. The van der Waals surface area contributed by atoms with Crippen LogP contribution in [0.5, 0.6) is 0 Å². The quantitative estimate of drug-likeness (QED) is 0.0893. The van der Waals surface area contributed by atoms with Crippen molar-refractivity contribution in [3.8, 4) is 11.1 Å². The Bertz CT molecular complexity index is 2150. The van der Waals surface area contributed by atoms with Crippen LogP contribution >= 0.6 is 11.6 Å². The number of carbonyl (C=O) groups is 2. The highest BCUT2D eigenvalue weighted by atomic mass is 35.5. The number of fused-ring (bicyclic) bond motifs is 3. The van der Waals surface area contributed by atoms with E-state index in [2.05, 4.69) is 53.8 Å². The van der Waals surface area contributed by atoms with Crippen molar-refractivity contribution in [2.45, 2.75) is 102 Å². The largest absolute Gasteiger partial charge is 0.449 e. The Morgan fingerprint density at radius 2 is 1.24 bits per heavy atom. The SMILES string of the molecule is CC(C)(CCNC(=O)OCC1c2ccccc2-c2ccccc21)OCC(C)(C)C(=O)OC(c1ccccc1)(c1ccc(C2CCCCCCC2)cc1)c1ccccc1Cl. The molecule has 0 saturated heterocycles. The van der Waals surface area contributed by atoms with Gasteiger partial charge < -0.3 is 19.5 Å². The molecule has 0 bridgehead atoms. The Labute approximate surface area is 355 Å². The van der Waals surface area contributed by atoms with E-state index in [1.54, 1.807) is 0 Å². The second kappa shape index (κ2) is 18.6. The first kappa shape index (κ1) is 42.2. The summed E-state index contributed by atoms with van der Waals surface area (Å²) in [6, 6.07) is 42.7. The number of hydrogen-bond acceptors (Lipinski definition) is 5. The second-order valence-electron chi connectivity index (χ2n) is 17.5. The monoisotopic (exact) mass is 811 g/mol. The van der Waals surface area contributed by atoms with Crippen LogP contribution in [0.4, 0.5) is 4.79 Å². The second-order valence-corrected chi connectivity index (χ2v) is 17.9. The van der Waals surface area contributed by atoms with E-state index in [0.717, 1.165) is 11.1 Å². The Kier molecular flexibility index (Phi) is 13.3. The highest BCUT2D eigenvalue weighted by Crippen LogP contribution is 2.46. The van der Waals surface area contributed by atoms with E-state index in [1.807, 2.05) is 107 Å². The van der Waals surface area contributed by atoms with Crippen LogP contribution in [-0.2, 0) is 24.6 Å². The molecule has 1 atom stereocenters. The van der Waals surface area contributed by atoms with Crippen LogP contribution in [0.1, 0.15) is 124 Å². The number of nitrogens with one attached hydrogen (secondary N) is 1. The lowest BCUT2D eigenvalue weighted by atomic mass is 9.78. The molecule has 1 N–H and O–H groups in total. The van der Waals surface area contributed by atoms with Crippen LogP contribution in [0.2, 0.25) is 5.02 Å². The number of alkyl carbamates (subject to hydrolysis) is 1. The van der Waals surface area contributed by atoms with Crippen molar-refractivity contribution in [3.63, 3.8) is 0 Å². The number of ether oxygens (including phenoxy) is 3. The number of hydrogen-bond donors (Lipinski definition) is 1. The van der Waals surface area contributed by atoms with Gasteiger partial charge in [0.25, 0.3) is 0 Å². The van der Waals surface area contributed by atoms with E-state index < -0.39 is 28.7 Å². The van der Waals surface area contributed by atoms with Gasteiger partial charge in [0, 0.05) is 34.2 Å². The Morgan fingerprint density at radius 3 is 1.88 bits per heavy atom. The molecular weight excluding hydrogens is 754 g/mol.